The Bertz CT molecular complexity index is 436. The van der Waals surface area contributed by atoms with Gasteiger partial charge in [0, 0.05) is 31.1 Å². The summed E-state index contributed by atoms with van der Waals surface area (Å²) in [7, 11) is 0. The average molecular weight is 470 g/mol. The molecular weight excluding hydrogens is 439 g/mol. The van der Waals surface area contributed by atoms with Crippen molar-refractivity contribution in [3.05, 3.63) is 0 Å². The van der Waals surface area contributed by atoms with E-state index in [1.807, 2.05) is 37.4 Å². The van der Waals surface area contributed by atoms with Gasteiger partial charge in [0.2, 0.25) is 0 Å². The van der Waals surface area contributed by atoms with Gasteiger partial charge in [0.05, 0.1) is 12.6 Å². The second-order valence-corrected chi connectivity index (χ2v) is 8.35. The highest BCUT2D eigenvalue weighted by molar-refractivity contribution is 14.0. The van der Waals surface area contributed by atoms with E-state index in [9.17, 15) is 4.79 Å². The highest BCUT2D eigenvalue weighted by Gasteiger charge is 2.30. The van der Waals surface area contributed by atoms with Crippen molar-refractivity contribution in [1.82, 2.24) is 9.80 Å². The molecule has 2 heterocycles. The van der Waals surface area contributed by atoms with Crippen molar-refractivity contribution in [3.63, 3.8) is 0 Å². The molecule has 0 bridgehead atoms. The number of hydrogen-bond acceptors (Lipinski definition) is 4. The van der Waals surface area contributed by atoms with Crippen LogP contribution in [-0.4, -0.2) is 71.2 Å². The Morgan fingerprint density at radius 1 is 1.25 bits per heavy atom. The number of ether oxygens (including phenoxy) is 1. The average Bonchev–Trinajstić information content (AvgIpc) is 2.52. The maximum Gasteiger partial charge on any atom is 0.410 e. The molecule has 1 amide bonds. The quantitative estimate of drug-likeness (QED) is 0.382. The summed E-state index contributed by atoms with van der Waals surface area (Å²) in [5.74, 6) is 2.81. The fraction of sp³-hybridized carbons (Fsp3) is 0.875. The first-order valence-electron chi connectivity index (χ1n) is 8.49. The Labute approximate surface area is 166 Å². The SMILES string of the molecule is CC(C)(C)OC(=O)N1CCCCC1CN=C(N)N1CCSCC1.I. The van der Waals surface area contributed by atoms with Gasteiger partial charge in [0.25, 0.3) is 0 Å². The number of halogens is 1. The van der Waals surface area contributed by atoms with Gasteiger partial charge in [0.15, 0.2) is 5.96 Å². The number of nitrogens with zero attached hydrogens (tertiary/aromatic N) is 3. The first kappa shape index (κ1) is 21.7. The summed E-state index contributed by atoms with van der Waals surface area (Å²) in [6.07, 6.45) is 2.88. The van der Waals surface area contributed by atoms with Crippen LogP contribution in [0.15, 0.2) is 4.99 Å². The largest absolute Gasteiger partial charge is 0.444 e. The van der Waals surface area contributed by atoms with Crippen molar-refractivity contribution in [2.24, 2.45) is 10.7 Å². The fourth-order valence-corrected chi connectivity index (χ4v) is 3.75. The lowest BCUT2D eigenvalue weighted by Gasteiger charge is -2.36. The van der Waals surface area contributed by atoms with E-state index in [2.05, 4.69) is 9.89 Å². The number of amides is 1. The number of likely N-dealkylation sites (tertiary alicyclic amines) is 1. The van der Waals surface area contributed by atoms with Crippen LogP contribution in [0.5, 0.6) is 0 Å². The molecule has 2 aliphatic heterocycles. The van der Waals surface area contributed by atoms with Crippen LogP contribution in [-0.2, 0) is 4.74 Å². The van der Waals surface area contributed by atoms with Crippen molar-refractivity contribution in [3.8, 4) is 0 Å². The van der Waals surface area contributed by atoms with Crippen LogP contribution in [0.25, 0.3) is 0 Å². The number of piperidine rings is 1. The third kappa shape index (κ3) is 6.85. The topological polar surface area (TPSA) is 71.2 Å². The molecule has 1 unspecified atom stereocenters. The first-order valence-corrected chi connectivity index (χ1v) is 9.64. The summed E-state index contributed by atoms with van der Waals surface area (Å²) in [6.45, 7) is 8.92. The zero-order valence-corrected chi connectivity index (χ0v) is 18.1. The zero-order chi connectivity index (χ0) is 16.9. The predicted molar refractivity (Wildman–Crippen MR) is 111 cm³/mol. The lowest BCUT2D eigenvalue weighted by Crippen LogP contribution is -2.48. The number of nitrogens with two attached hydrogens (primary N) is 1. The van der Waals surface area contributed by atoms with E-state index >= 15 is 0 Å². The normalized spacial score (nSPS) is 22.8. The summed E-state index contributed by atoms with van der Waals surface area (Å²) in [5.41, 5.74) is 5.66. The Balaban J connectivity index is 0.00000288. The van der Waals surface area contributed by atoms with E-state index in [1.165, 1.54) is 0 Å². The molecule has 0 aliphatic carbocycles. The molecule has 2 N–H and O–H groups in total. The van der Waals surface area contributed by atoms with Crippen molar-refractivity contribution >= 4 is 47.8 Å². The second-order valence-electron chi connectivity index (χ2n) is 7.12. The monoisotopic (exact) mass is 470 g/mol. The molecular formula is C16H31IN4O2S. The number of guanidine groups is 1. The smallest absolute Gasteiger partial charge is 0.410 e. The standard InChI is InChI=1S/C16H30N4O2S.HI/c1-16(2,3)22-15(21)20-7-5-4-6-13(20)12-18-14(17)19-8-10-23-11-9-19;/h13H,4-12H2,1-3H3,(H2,17,18);1H. The minimum Gasteiger partial charge on any atom is -0.444 e. The molecule has 1 atom stereocenters. The third-order valence-electron chi connectivity index (χ3n) is 4.05. The molecule has 0 radical (unpaired) electrons. The summed E-state index contributed by atoms with van der Waals surface area (Å²) < 4.78 is 5.52. The van der Waals surface area contributed by atoms with Gasteiger partial charge in [-0.1, -0.05) is 0 Å². The molecule has 0 aromatic carbocycles. The van der Waals surface area contributed by atoms with Gasteiger partial charge in [-0.2, -0.15) is 11.8 Å². The summed E-state index contributed by atoms with van der Waals surface area (Å²) in [6, 6.07) is 0.0938. The maximum absolute atomic E-state index is 12.4. The number of aliphatic imine (C=N–C) groups is 1. The number of thioether (sulfide) groups is 1. The van der Waals surface area contributed by atoms with E-state index in [4.69, 9.17) is 10.5 Å². The molecule has 2 saturated heterocycles. The van der Waals surface area contributed by atoms with E-state index < -0.39 is 5.60 Å². The zero-order valence-electron chi connectivity index (χ0n) is 15.0. The van der Waals surface area contributed by atoms with E-state index in [-0.39, 0.29) is 36.1 Å². The highest BCUT2D eigenvalue weighted by Crippen LogP contribution is 2.21. The van der Waals surface area contributed by atoms with Crippen LogP contribution in [0.1, 0.15) is 40.0 Å². The first-order chi connectivity index (χ1) is 10.9. The summed E-state index contributed by atoms with van der Waals surface area (Å²) >= 11 is 1.95. The van der Waals surface area contributed by atoms with E-state index in [0.29, 0.717) is 12.5 Å². The second kappa shape index (κ2) is 9.94. The van der Waals surface area contributed by atoms with Gasteiger partial charge in [-0.05, 0) is 40.0 Å². The lowest BCUT2D eigenvalue weighted by molar-refractivity contribution is 0.0109. The maximum atomic E-state index is 12.4. The molecule has 8 heteroatoms. The third-order valence-corrected chi connectivity index (χ3v) is 5.00. The van der Waals surface area contributed by atoms with E-state index in [0.717, 1.165) is 50.4 Å². The van der Waals surface area contributed by atoms with Crippen LogP contribution in [0, 0.1) is 0 Å². The van der Waals surface area contributed by atoms with Gasteiger partial charge < -0.3 is 20.3 Å². The van der Waals surface area contributed by atoms with E-state index in [1.54, 1.807) is 0 Å². The number of carbonyl (C=O) groups excluding carboxylic acids is 1. The predicted octanol–water partition coefficient (Wildman–Crippen LogP) is 2.76. The molecule has 24 heavy (non-hydrogen) atoms. The Morgan fingerprint density at radius 3 is 2.54 bits per heavy atom. The highest BCUT2D eigenvalue weighted by atomic mass is 127. The van der Waals surface area contributed by atoms with Crippen molar-refractivity contribution < 1.29 is 9.53 Å². The van der Waals surface area contributed by atoms with Crippen LogP contribution in [0.3, 0.4) is 0 Å². The molecule has 140 valence electrons. The molecule has 2 fully saturated rings. The van der Waals surface area contributed by atoms with Crippen LogP contribution in [0.2, 0.25) is 0 Å². The van der Waals surface area contributed by atoms with Crippen LogP contribution >= 0.6 is 35.7 Å². The minimum absolute atomic E-state index is 0. The molecule has 2 rings (SSSR count). The molecule has 0 spiro atoms. The Kier molecular flexibility index (Phi) is 8.97. The van der Waals surface area contributed by atoms with Crippen molar-refractivity contribution in [2.45, 2.75) is 51.7 Å². The Morgan fingerprint density at radius 2 is 1.92 bits per heavy atom. The number of hydrogen-bond donors (Lipinski definition) is 1. The molecule has 0 aromatic rings. The van der Waals surface area contributed by atoms with Gasteiger partial charge >= 0.3 is 6.09 Å². The van der Waals surface area contributed by atoms with Crippen LogP contribution in [0.4, 0.5) is 4.79 Å². The van der Waals surface area contributed by atoms with Crippen molar-refractivity contribution in [1.29, 1.82) is 0 Å². The summed E-state index contributed by atoms with van der Waals surface area (Å²) in [5, 5.41) is 0. The summed E-state index contributed by atoms with van der Waals surface area (Å²) in [4.78, 5) is 20.9. The fourth-order valence-electron chi connectivity index (χ4n) is 2.84. The molecule has 6 nitrogen and oxygen atoms in total. The lowest BCUT2D eigenvalue weighted by atomic mass is 10.0. The van der Waals surface area contributed by atoms with Gasteiger partial charge in [-0.15, -0.1) is 24.0 Å². The van der Waals surface area contributed by atoms with Crippen LogP contribution < -0.4 is 5.73 Å². The molecule has 0 aromatic heterocycles. The molecule has 2 aliphatic rings. The van der Waals surface area contributed by atoms with Gasteiger partial charge in [0.1, 0.15) is 5.60 Å². The minimum atomic E-state index is -0.465. The number of rotatable bonds is 2. The van der Waals surface area contributed by atoms with Gasteiger partial charge in [-0.3, -0.25) is 4.99 Å². The number of carbonyl (C=O) groups is 1. The van der Waals surface area contributed by atoms with Gasteiger partial charge in [-0.25, -0.2) is 4.79 Å². The Hall–Kier alpha value is -0.380. The van der Waals surface area contributed by atoms with Crippen molar-refractivity contribution in [2.75, 3.05) is 37.7 Å². The molecule has 0 saturated carbocycles.